The highest BCUT2D eigenvalue weighted by Crippen LogP contribution is 2.51. The van der Waals surface area contributed by atoms with Gasteiger partial charge in [0.05, 0.1) is 0 Å². The van der Waals surface area contributed by atoms with Gasteiger partial charge in [0.15, 0.2) is 0 Å². The molecule has 1 N–H and O–H groups in total. The summed E-state index contributed by atoms with van der Waals surface area (Å²) in [4.78, 5) is 13.3. The van der Waals surface area contributed by atoms with Gasteiger partial charge in [-0.2, -0.15) is 0 Å². The molecule has 0 aliphatic heterocycles. The molecular formula is C26H23FO3S. The van der Waals surface area contributed by atoms with Gasteiger partial charge in [-0.05, 0) is 79.8 Å². The van der Waals surface area contributed by atoms with Crippen LogP contribution >= 0.6 is 11.3 Å². The van der Waals surface area contributed by atoms with Gasteiger partial charge in [0, 0.05) is 38.1 Å². The molecule has 0 spiro atoms. The number of hydrogen-bond donors (Lipinski definition) is 1. The van der Waals surface area contributed by atoms with Crippen LogP contribution < -0.4 is 0 Å². The number of fused-ring (bicyclic) bond motifs is 1. The predicted molar refractivity (Wildman–Crippen MR) is 122 cm³/mol. The number of rotatable bonds is 7. The molecule has 0 atom stereocenters. The van der Waals surface area contributed by atoms with Gasteiger partial charge >= 0.3 is 5.97 Å². The van der Waals surface area contributed by atoms with Crippen molar-refractivity contribution in [3.8, 4) is 21.8 Å². The topological polar surface area (TPSA) is 50.4 Å². The molecule has 158 valence electrons. The minimum Gasteiger partial charge on any atom is -0.481 e. The Labute approximate surface area is 184 Å². The van der Waals surface area contributed by atoms with E-state index in [4.69, 9.17) is 9.52 Å². The van der Waals surface area contributed by atoms with Crippen LogP contribution in [0.3, 0.4) is 0 Å². The van der Waals surface area contributed by atoms with Crippen molar-refractivity contribution in [1.29, 1.82) is 0 Å². The van der Waals surface area contributed by atoms with Gasteiger partial charge in [-0.3, -0.25) is 4.79 Å². The first-order valence-corrected chi connectivity index (χ1v) is 11.4. The number of halogens is 1. The van der Waals surface area contributed by atoms with Crippen LogP contribution in [0.5, 0.6) is 0 Å². The summed E-state index contributed by atoms with van der Waals surface area (Å²) in [5, 5.41) is 9.78. The third-order valence-electron chi connectivity index (χ3n) is 6.15. The summed E-state index contributed by atoms with van der Waals surface area (Å²) in [7, 11) is 0. The zero-order chi connectivity index (χ0) is 21.6. The first kappa shape index (κ1) is 20.0. The lowest BCUT2D eigenvalue weighted by atomic mass is 10.0. The molecule has 1 aliphatic carbocycles. The highest BCUT2D eigenvalue weighted by Gasteiger charge is 2.40. The molecule has 1 aliphatic rings. The van der Waals surface area contributed by atoms with Crippen molar-refractivity contribution >= 4 is 28.3 Å². The highest BCUT2D eigenvalue weighted by molar-refractivity contribution is 7.15. The number of thiophene rings is 1. The number of aryl methyl sites for hydroxylation is 1. The Bertz CT molecular complexity index is 1280. The summed E-state index contributed by atoms with van der Waals surface area (Å²) in [6.45, 7) is 2.29. The van der Waals surface area contributed by atoms with Crippen LogP contribution in [0.1, 0.15) is 43.0 Å². The lowest BCUT2D eigenvalue weighted by Crippen LogP contribution is -1.95. The van der Waals surface area contributed by atoms with Gasteiger partial charge in [0.1, 0.15) is 17.2 Å². The second kappa shape index (κ2) is 7.65. The van der Waals surface area contributed by atoms with Crippen molar-refractivity contribution in [3.05, 3.63) is 70.9 Å². The fourth-order valence-electron chi connectivity index (χ4n) is 4.00. The Hall–Kier alpha value is -2.92. The predicted octanol–water partition coefficient (Wildman–Crippen LogP) is 7.43. The maximum Gasteiger partial charge on any atom is 0.303 e. The summed E-state index contributed by atoms with van der Waals surface area (Å²) < 4.78 is 20.3. The molecule has 2 heterocycles. The van der Waals surface area contributed by atoms with E-state index in [1.165, 1.54) is 23.8 Å². The third kappa shape index (κ3) is 4.02. The fraction of sp³-hybridized carbons (Fsp3) is 0.269. The molecule has 0 bridgehead atoms. The molecule has 0 amide bonds. The molecule has 0 saturated heterocycles. The largest absolute Gasteiger partial charge is 0.481 e. The van der Waals surface area contributed by atoms with Crippen LogP contribution in [0.15, 0.2) is 59.0 Å². The van der Waals surface area contributed by atoms with E-state index in [9.17, 15) is 9.18 Å². The molecule has 4 aromatic rings. The van der Waals surface area contributed by atoms with E-state index in [1.807, 2.05) is 30.3 Å². The number of hydrogen-bond acceptors (Lipinski definition) is 3. The van der Waals surface area contributed by atoms with Crippen LogP contribution in [-0.2, 0) is 16.6 Å². The summed E-state index contributed by atoms with van der Waals surface area (Å²) in [5.74, 6) is -0.433. The SMILES string of the molecule is CC1(c2ccc(-c3ccc(F)cc3-c3cc4cc(CCCC(=O)O)ccc4o3)s2)CC1. The molecular weight excluding hydrogens is 411 g/mol. The molecule has 5 heteroatoms. The quantitative estimate of drug-likeness (QED) is 0.329. The van der Waals surface area contributed by atoms with Crippen molar-refractivity contribution in [2.45, 2.75) is 44.4 Å². The molecule has 2 aromatic carbocycles. The van der Waals surface area contributed by atoms with E-state index in [0.717, 1.165) is 32.5 Å². The fourth-order valence-corrected chi connectivity index (χ4v) is 5.25. The lowest BCUT2D eigenvalue weighted by molar-refractivity contribution is -0.137. The van der Waals surface area contributed by atoms with E-state index < -0.39 is 5.97 Å². The highest BCUT2D eigenvalue weighted by atomic mass is 32.1. The van der Waals surface area contributed by atoms with Crippen LogP contribution in [0, 0.1) is 5.82 Å². The molecule has 3 nitrogen and oxygen atoms in total. The van der Waals surface area contributed by atoms with Crippen molar-refractivity contribution in [2.75, 3.05) is 0 Å². The number of carboxylic acids is 1. The molecule has 1 fully saturated rings. The van der Waals surface area contributed by atoms with Crippen LogP contribution in [0.25, 0.3) is 32.7 Å². The maximum absolute atomic E-state index is 14.2. The Morgan fingerprint density at radius 3 is 2.71 bits per heavy atom. The third-order valence-corrected chi connectivity index (χ3v) is 7.57. The average molecular weight is 435 g/mol. The van der Waals surface area contributed by atoms with Crippen molar-refractivity contribution in [2.24, 2.45) is 0 Å². The van der Waals surface area contributed by atoms with Crippen LogP contribution in [-0.4, -0.2) is 11.1 Å². The Kier molecular flexibility index (Phi) is 4.94. The van der Waals surface area contributed by atoms with E-state index in [-0.39, 0.29) is 12.2 Å². The second-order valence-electron chi connectivity index (χ2n) is 8.64. The Morgan fingerprint density at radius 1 is 1.10 bits per heavy atom. The van der Waals surface area contributed by atoms with Gasteiger partial charge in [-0.1, -0.05) is 13.0 Å². The maximum atomic E-state index is 14.2. The first-order valence-electron chi connectivity index (χ1n) is 10.6. The molecule has 5 rings (SSSR count). The molecule has 1 saturated carbocycles. The molecule has 31 heavy (non-hydrogen) atoms. The van der Waals surface area contributed by atoms with Gasteiger partial charge in [0.2, 0.25) is 0 Å². The van der Waals surface area contributed by atoms with E-state index in [0.29, 0.717) is 24.0 Å². The average Bonchev–Trinajstić information content (AvgIpc) is 3.16. The molecule has 0 unspecified atom stereocenters. The number of aliphatic carboxylic acids is 1. The van der Waals surface area contributed by atoms with Gasteiger partial charge in [-0.25, -0.2) is 4.39 Å². The van der Waals surface area contributed by atoms with E-state index in [1.54, 1.807) is 17.4 Å². The first-order chi connectivity index (χ1) is 14.9. The minimum absolute atomic E-state index is 0.156. The zero-order valence-electron chi connectivity index (χ0n) is 17.3. The lowest BCUT2D eigenvalue weighted by Gasteiger charge is -2.07. The van der Waals surface area contributed by atoms with Crippen molar-refractivity contribution in [1.82, 2.24) is 0 Å². The van der Waals surface area contributed by atoms with Gasteiger partial charge in [-0.15, -0.1) is 11.3 Å². The number of benzene rings is 2. The van der Waals surface area contributed by atoms with Crippen LogP contribution in [0.4, 0.5) is 4.39 Å². The summed E-state index contributed by atoms with van der Waals surface area (Å²) in [6.07, 6.45) is 3.90. The Morgan fingerprint density at radius 2 is 1.94 bits per heavy atom. The molecule has 0 radical (unpaired) electrons. The number of carbonyl (C=O) groups is 1. The van der Waals surface area contributed by atoms with Crippen molar-refractivity contribution in [3.63, 3.8) is 0 Å². The van der Waals surface area contributed by atoms with Gasteiger partial charge < -0.3 is 9.52 Å². The number of carboxylic acid groups (broad SMARTS) is 1. The molecule has 2 aromatic heterocycles. The van der Waals surface area contributed by atoms with E-state index in [2.05, 4.69) is 19.1 Å². The van der Waals surface area contributed by atoms with Crippen molar-refractivity contribution < 1.29 is 18.7 Å². The normalized spacial score (nSPS) is 14.8. The van der Waals surface area contributed by atoms with E-state index >= 15 is 0 Å². The smallest absolute Gasteiger partial charge is 0.303 e. The zero-order valence-corrected chi connectivity index (χ0v) is 18.1. The second-order valence-corrected chi connectivity index (χ2v) is 9.73. The number of furan rings is 1. The minimum atomic E-state index is -0.780. The summed E-state index contributed by atoms with van der Waals surface area (Å²) >= 11 is 1.78. The monoisotopic (exact) mass is 434 g/mol. The van der Waals surface area contributed by atoms with Gasteiger partial charge in [0.25, 0.3) is 0 Å². The standard InChI is InChI=1S/C26H23FO3S/c1-26(11-12-26)24-10-9-23(31-24)19-7-6-18(27)15-20(19)22-14-17-13-16(3-2-4-25(28)29)5-8-21(17)30-22/h5-10,13-15H,2-4,11-12H2,1H3,(H,28,29). The van der Waals surface area contributed by atoms with Crippen LogP contribution in [0.2, 0.25) is 0 Å². The Balaban J connectivity index is 1.50. The summed E-state index contributed by atoms with van der Waals surface area (Å²) in [6, 6.07) is 17.0. The summed E-state index contributed by atoms with van der Waals surface area (Å²) in [5.41, 5.74) is 3.84.